The molecule has 0 radical (unpaired) electrons. The molecular weight excluding hydrogens is 617 g/mol. The maximum atomic E-state index is 14.7. The normalized spacial score (nSPS) is 17.4. The van der Waals surface area contributed by atoms with Crippen molar-refractivity contribution in [2.75, 3.05) is 5.32 Å². The summed E-state index contributed by atoms with van der Waals surface area (Å²) in [7, 11) is 0.904. The van der Waals surface area contributed by atoms with E-state index in [4.69, 9.17) is 0 Å². The molecule has 2 rings (SSSR count). The second kappa shape index (κ2) is 9.48. The van der Waals surface area contributed by atoms with Gasteiger partial charge in [-0.2, -0.15) is 74.6 Å². The number of fused-ring (bicyclic) bond motifs is 1. The molecule has 0 fully saturated rings. The average molecular weight is 625 g/mol. The van der Waals surface area contributed by atoms with E-state index in [1.54, 1.807) is 0 Å². The van der Waals surface area contributed by atoms with Crippen LogP contribution in [0.2, 0.25) is 0 Å². The fourth-order valence-electron chi connectivity index (χ4n) is 2.60. The van der Waals surface area contributed by atoms with Gasteiger partial charge in [-0.1, -0.05) is 12.1 Å². The third-order valence-electron chi connectivity index (χ3n) is 4.67. The Balaban J connectivity index is 2.60. The van der Waals surface area contributed by atoms with Gasteiger partial charge in [-0.3, -0.25) is 19.6 Å². The Labute approximate surface area is 207 Å². The number of hydrogen-bond donors (Lipinski definition) is 1. The molecule has 0 aliphatic rings. The third kappa shape index (κ3) is 5.31. The number of aryl methyl sites for hydroxylation is 1. The fourth-order valence-corrected chi connectivity index (χ4v) is 2.60. The lowest BCUT2D eigenvalue weighted by Gasteiger charge is -2.40. The van der Waals surface area contributed by atoms with E-state index in [-0.39, 0.29) is 11.0 Å². The molecule has 1 heterocycles. The first-order valence-corrected chi connectivity index (χ1v) is 9.40. The number of nitrogens with zero attached hydrogens (tertiary/aromatic N) is 2. The lowest BCUT2D eigenvalue weighted by Crippen LogP contribution is -2.68. The summed E-state index contributed by atoms with van der Waals surface area (Å²) in [5.74, 6) is -27.6. The first-order chi connectivity index (χ1) is 17.6. The highest BCUT2D eigenvalue weighted by atomic mass is 19.4. The first-order valence-electron chi connectivity index (χ1n) is 9.40. The van der Waals surface area contributed by atoms with Gasteiger partial charge < -0.3 is 4.57 Å². The quantitative estimate of drug-likeness (QED) is 0.346. The summed E-state index contributed by atoms with van der Waals surface area (Å²) in [6.07, 6.45) is -38.7. The molecule has 23 heteroatoms. The predicted molar refractivity (Wildman–Crippen MR) is 92.2 cm³/mol. The van der Waals surface area contributed by atoms with E-state index < -0.39 is 60.2 Å². The zero-order valence-corrected chi connectivity index (χ0v) is 18.4. The molecule has 1 aromatic carbocycles. The van der Waals surface area contributed by atoms with Gasteiger partial charge in [0.15, 0.2) is 0 Å². The molecule has 0 aliphatic heterocycles. The van der Waals surface area contributed by atoms with Crippen LogP contribution in [0.4, 0.5) is 80.6 Å². The molecule has 228 valence electrons. The van der Waals surface area contributed by atoms with Gasteiger partial charge >= 0.3 is 54.3 Å². The number of imidazole rings is 1. The van der Waals surface area contributed by atoms with Crippen molar-refractivity contribution in [2.24, 2.45) is 7.05 Å². The highest BCUT2D eigenvalue weighted by Gasteiger charge is 2.85. The van der Waals surface area contributed by atoms with Crippen LogP contribution in [0.1, 0.15) is 0 Å². The van der Waals surface area contributed by atoms with Gasteiger partial charge in [-0.25, -0.2) is 4.98 Å². The van der Waals surface area contributed by atoms with Crippen LogP contribution in [0.5, 0.6) is 0 Å². The van der Waals surface area contributed by atoms with Gasteiger partial charge in [-0.05, 0) is 12.1 Å². The molecule has 0 aliphatic carbocycles. The minimum atomic E-state index is -8.08. The highest BCUT2D eigenvalue weighted by molar-refractivity contribution is 5.97. The summed E-state index contributed by atoms with van der Waals surface area (Å²) in [5.41, 5.74) is -0.231. The molecule has 0 spiro atoms. The van der Waals surface area contributed by atoms with Gasteiger partial charge in [0, 0.05) is 7.05 Å². The molecule has 0 bridgehead atoms. The second-order valence-electron chi connectivity index (χ2n) is 7.43. The SMILES string of the molecule is Cn1c(NC(=O)[C@@](F)(OC(F)(F)[C@](F)(OC(F)(F)C(F)(F)C(F)(F)F)C(F)(F)F)C(F)(F)F)nc2ccccc21. The molecule has 0 saturated heterocycles. The molecule has 1 amide bonds. The summed E-state index contributed by atoms with van der Waals surface area (Å²) in [6.45, 7) is 0. The molecule has 0 saturated carbocycles. The molecule has 2 atom stereocenters. The highest BCUT2D eigenvalue weighted by Crippen LogP contribution is 2.56. The van der Waals surface area contributed by atoms with Crippen molar-refractivity contribution in [3.8, 4) is 0 Å². The fraction of sp³-hybridized carbons (Fsp3) is 0.529. The van der Waals surface area contributed by atoms with Crippen LogP contribution in [0.3, 0.4) is 0 Å². The molecule has 0 unspecified atom stereocenters. The van der Waals surface area contributed by atoms with Gasteiger partial charge in [-0.15, -0.1) is 0 Å². The standard InChI is InChI=1S/C17H8F17N3O3/c1-37-7-5-3-2-4-6(7)35-9(37)36-8(38)10(18,13(22,23)24)39-17(33,34)12(21,15(28,29)30)40-16(31,32)11(19,20)14(25,26)27/h2-5H,1H3,(H,35,36,38)/t10-,12-/m1/s1. The Morgan fingerprint density at radius 2 is 1.23 bits per heavy atom. The Morgan fingerprint density at radius 3 is 1.65 bits per heavy atom. The number of nitrogens with one attached hydrogen (secondary N) is 1. The van der Waals surface area contributed by atoms with Crippen LogP contribution < -0.4 is 5.32 Å². The van der Waals surface area contributed by atoms with E-state index in [0.29, 0.717) is 4.57 Å². The maximum absolute atomic E-state index is 14.7. The van der Waals surface area contributed by atoms with E-state index in [1.165, 1.54) is 22.9 Å². The smallest absolute Gasteiger partial charge is 0.313 e. The number of aromatic nitrogens is 2. The van der Waals surface area contributed by atoms with Crippen LogP contribution in [0.25, 0.3) is 11.0 Å². The van der Waals surface area contributed by atoms with Gasteiger partial charge in [0.1, 0.15) is 0 Å². The zero-order chi connectivity index (χ0) is 31.5. The molecule has 1 N–H and O–H groups in total. The minimum Gasteiger partial charge on any atom is -0.313 e. The molecule has 6 nitrogen and oxygen atoms in total. The minimum absolute atomic E-state index is 0.0541. The monoisotopic (exact) mass is 625 g/mol. The van der Waals surface area contributed by atoms with E-state index in [2.05, 4.69) is 4.98 Å². The summed E-state index contributed by atoms with van der Waals surface area (Å²) in [5, 5.41) is 0.850. The van der Waals surface area contributed by atoms with E-state index in [9.17, 15) is 79.4 Å². The largest absolute Gasteiger partial charge is 0.462 e. The van der Waals surface area contributed by atoms with E-state index in [1.807, 2.05) is 4.74 Å². The van der Waals surface area contributed by atoms with Crippen molar-refractivity contribution in [1.29, 1.82) is 0 Å². The lowest BCUT2D eigenvalue weighted by atomic mass is 10.2. The van der Waals surface area contributed by atoms with Crippen molar-refractivity contribution in [3.63, 3.8) is 0 Å². The maximum Gasteiger partial charge on any atom is 0.462 e. The Kier molecular flexibility index (Phi) is 7.84. The Bertz CT molecular complexity index is 1250. The van der Waals surface area contributed by atoms with Crippen molar-refractivity contribution in [1.82, 2.24) is 9.55 Å². The number of carbonyl (C=O) groups is 1. The molecule has 1 aromatic heterocycles. The Hall–Kier alpha value is -3.11. The number of anilines is 1. The van der Waals surface area contributed by atoms with Crippen LogP contribution >= 0.6 is 0 Å². The van der Waals surface area contributed by atoms with Gasteiger partial charge in [0.2, 0.25) is 5.95 Å². The predicted octanol–water partition coefficient (Wildman–Crippen LogP) is 6.38. The third-order valence-corrected chi connectivity index (χ3v) is 4.67. The number of carbonyl (C=O) groups excluding carboxylic acids is 1. The number of alkyl halides is 17. The lowest BCUT2D eigenvalue weighted by molar-refractivity contribution is -0.548. The van der Waals surface area contributed by atoms with Gasteiger partial charge in [0.05, 0.1) is 11.0 Å². The number of benzene rings is 1. The molecular formula is C17H8F17N3O3. The number of hydrogen-bond acceptors (Lipinski definition) is 4. The summed E-state index contributed by atoms with van der Waals surface area (Å²) >= 11 is 0. The van der Waals surface area contributed by atoms with Crippen LogP contribution in [-0.2, 0) is 21.3 Å². The molecule has 40 heavy (non-hydrogen) atoms. The number of rotatable bonds is 8. The summed E-state index contributed by atoms with van der Waals surface area (Å²) < 4.78 is 229. The second-order valence-corrected chi connectivity index (χ2v) is 7.43. The number of ether oxygens (including phenoxy) is 2. The topological polar surface area (TPSA) is 65.4 Å². The number of amides is 1. The number of halogens is 17. The van der Waals surface area contributed by atoms with Crippen molar-refractivity contribution < 1.29 is 88.9 Å². The van der Waals surface area contributed by atoms with Crippen LogP contribution in [0, 0.1) is 0 Å². The average Bonchev–Trinajstić information content (AvgIpc) is 3.05. The van der Waals surface area contributed by atoms with Crippen molar-refractivity contribution in [2.45, 2.75) is 48.4 Å². The first kappa shape index (κ1) is 33.1. The molecule has 2 aromatic rings. The number of para-hydroxylation sites is 2. The van der Waals surface area contributed by atoms with Crippen molar-refractivity contribution in [3.05, 3.63) is 24.3 Å². The zero-order valence-electron chi connectivity index (χ0n) is 18.4. The van der Waals surface area contributed by atoms with Crippen LogP contribution in [0.15, 0.2) is 24.3 Å². The summed E-state index contributed by atoms with van der Waals surface area (Å²) in [4.78, 5) is 15.4. The van der Waals surface area contributed by atoms with E-state index in [0.717, 1.165) is 18.4 Å². The van der Waals surface area contributed by atoms with Gasteiger partial charge in [0.25, 0.3) is 0 Å². The Morgan fingerprint density at radius 1 is 0.725 bits per heavy atom. The summed E-state index contributed by atoms with van der Waals surface area (Å²) in [6, 6.07) is 4.83. The van der Waals surface area contributed by atoms with Crippen molar-refractivity contribution >= 4 is 22.9 Å². The van der Waals surface area contributed by atoms with E-state index >= 15 is 0 Å². The van der Waals surface area contributed by atoms with Crippen LogP contribution in [-0.4, -0.2) is 63.8 Å².